The fraction of sp³-hybridized carbons (Fsp3) is 0.579. The summed E-state index contributed by atoms with van der Waals surface area (Å²) in [5.41, 5.74) is 1.71. The second kappa shape index (κ2) is 5.12. The highest BCUT2D eigenvalue weighted by atomic mass is 16.1. The average molecular weight is 294 g/mol. The summed E-state index contributed by atoms with van der Waals surface area (Å²) in [6, 6.07) is 9.23. The average Bonchev–Trinajstić information content (AvgIpc) is 2.45. The number of carbonyl (C=O) groups excluding carboxylic acids is 1. The van der Waals surface area contributed by atoms with Gasteiger partial charge >= 0.3 is 0 Å². The smallest absolute Gasteiger partial charge is 0.224 e. The minimum absolute atomic E-state index is 0.145. The zero-order valence-electron chi connectivity index (χ0n) is 12.8. The molecule has 3 heteroatoms. The lowest BCUT2D eigenvalue weighted by Gasteiger charge is -2.56. The number of nitrogens with zero attached hydrogens (tertiary/aromatic N) is 1. The molecule has 0 aromatic heterocycles. The lowest BCUT2D eigenvalue weighted by Crippen LogP contribution is -2.47. The lowest BCUT2D eigenvalue weighted by atomic mass is 9.49. The molecule has 3 nitrogen and oxygen atoms in total. The molecule has 1 N–H and O–H groups in total. The van der Waals surface area contributed by atoms with Gasteiger partial charge in [-0.2, -0.15) is 5.26 Å². The van der Waals surface area contributed by atoms with Crippen molar-refractivity contribution < 1.29 is 4.79 Å². The molecular formula is C19H22N2O. The highest BCUT2D eigenvalue weighted by Crippen LogP contribution is 2.61. The molecule has 22 heavy (non-hydrogen) atoms. The molecule has 1 aromatic carbocycles. The number of nitriles is 1. The Balaban J connectivity index is 1.42. The molecule has 4 aliphatic rings. The topological polar surface area (TPSA) is 52.9 Å². The van der Waals surface area contributed by atoms with Crippen LogP contribution >= 0.6 is 0 Å². The predicted molar refractivity (Wildman–Crippen MR) is 85.0 cm³/mol. The van der Waals surface area contributed by atoms with Crippen molar-refractivity contribution in [3.8, 4) is 6.07 Å². The van der Waals surface area contributed by atoms with Gasteiger partial charge in [-0.1, -0.05) is 0 Å². The van der Waals surface area contributed by atoms with Gasteiger partial charge < -0.3 is 5.32 Å². The lowest BCUT2D eigenvalue weighted by molar-refractivity contribution is -0.124. The maximum atomic E-state index is 12.5. The first-order chi connectivity index (χ1) is 10.6. The minimum atomic E-state index is 0.145. The van der Waals surface area contributed by atoms with Gasteiger partial charge in [-0.05, 0) is 86.0 Å². The van der Waals surface area contributed by atoms with Gasteiger partial charge in [0.05, 0.1) is 11.6 Å². The van der Waals surface area contributed by atoms with Crippen LogP contribution in [0.4, 0.5) is 5.69 Å². The Morgan fingerprint density at radius 3 is 2.14 bits per heavy atom. The van der Waals surface area contributed by atoms with Gasteiger partial charge in [-0.15, -0.1) is 0 Å². The van der Waals surface area contributed by atoms with Crippen LogP contribution in [-0.4, -0.2) is 5.91 Å². The fourth-order valence-corrected chi connectivity index (χ4v) is 5.68. The van der Waals surface area contributed by atoms with Crippen LogP contribution < -0.4 is 5.32 Å². The van der Waals surface area contributed by atoms with E-state index < -0.39 is 0 Å². The molecule has 4 saturated carbocycles. The molecule has 1 amide bonds. The molecular weight excluding hydrogens is 272 g/mol. The van der Waals surface area contributed by atoms with E-state index in [9.17, 15) is 4.79 Å². The number of benzene rings is 1. The van der Waals surface area contributed by atoms with Crippen LogP contribution in [0.15, 0.2) is 24.3 Å². The molecule has 0 heterocycles. The Bertz CT molecular complexity index is 591. The van der Waals surface area contributed by atoms with Gasteiger partial charge in [0.15, 0.2) is 0 Å². The number of rotatable bonds is 3. The number of hydrogen-bond donors (Lipinski definition) is 1. The maximum absolute atomic E-state index is 12.5. The molecule has 0 spiro atoms. The number of amides is 1. The summed E-state index contributed by atoms with van der Waals surface area (Å²) in [4.78, 5) is 12.5. The first-order valence-electron chi connectivity index (χ1n) is 8.44. The minimum Gasteiger partial charge on any atom is -0.326 e. The predicted octanol–water partition coefficient (Wildman–Crippen LogP) is 4.10. The van der Waals surface area contributed by atoms with Crippen molar-refractivity contribution in [3.05, 3.63) is 29.8 Å². The van der Waals surface area contributed by atoms with E-state index >= 15 is 0 Å². The van der Waals surface area contributed by atoms with Gasteiger partial charge in [0.25, 0.3) is 0 Å². The monoisotopic (exact) mass is 294 g/mol. The van der Waals surface area contributed by atoms with E-state index in [1.165, 1.54) is 38.5 Å². The van der Waals surface area contributed by atoms with E-state index in [4.69, 9.17) is 5.26 Å². The molecule has 114 valence electrons. The molecule has 4 fully saturated rings. The molecule has 0 atom stereocenters. The van der Waals surface area contributed by atoms with Crippen LogP contribution in [0.5, 0.6) is 0 Å². The van der Waals surface area contributed by atoms with Crippen LogP contribution in [-0.2, 0) is 4.79 Å². The van der Waals surface area contributed by atoms with Crippen molar-refractivity contribution in [1.29, 1.82) is 5.26 Å². The van der Waals surface area contributed by atoms with Gasteiger partial charge in [-0.3, -0.25) is 4.79 Å². The summed E-state index contributed by atoms with van der Waals surface area (Å²) < 4.78 is 0. The highest BCUT2D eigenvalue weighted by molar-refractivity contribution is 5.91. The SMILES string of the molecule is N#Cc1ccc(NC(=O)CC23CC4CC(CC(C4)C2)C3)cc1. The van der Waals surface area contributed by atoms with Crippen LogP contribution in [0.1, 0.15) is 50.5 Å². The molecule has 0 unspecified atom stereocenters. The third kappa shape index (κ3) is 2.52. The third-order valence-corrected chi connectivity index (χ3v) is 6.00. The summed E-state index contributed by atoms with van der Waals surface area (Å²) in [5.74, 6) is 2.79. The third-order valence-electron chi connectivity index (χ3n) is 6.00. The van der Waals surface area contributed by atoms with E-state index in [2.05, 4.69) is 11.4 Å². The summed E-state index contributed by atoms with van der Waals surface area (Å²) >= 11 is 0. The standard InChI is InChI=1S/C19H22N2O/c20-12-13-1-3-17(4-2-13)21-18(22)11-19-8-14-5-15(9-19)7-16(6-14)10-19/h1-4,14-16H,5-11H2,(H,21,22). The zero-order chi connectivity index (χ0) is 15.2. The van der Waals surface area contributed by atoms with Crippen molar-refractivity contribution in [3.63, 3.8) is 0 Å². The van der Waals surface area contributed by atoms with Crippen LogP contribution in [0, 0.1) is 34.5 Å². The van der Waals surface area contributed by atoms with Crippen molar-refractivity contribution >= 4 is 11.6 Å². The molecule has 1 aromatic rings. The molecule has 0 aliphatic heterocycles. The quantitative estimate of drug-likeness (QED) is 0.912. The normalized spacial score (nSPS) is 35.1. The van der Waals surface area contributed by atoms with E-state index in [-0.39, 0.29) is 11.3 Å². The summed E-state index contributed by atoms with van der Waals surface area (Å²) in [6.07, 6.45) is 8.71. The largest absolute Gasteiger partial charge is 0.326 e. The van der Waals surface area contributed by atoms with Crippen molar-refractivity contribution in [2.75, 3.05) is 5.32 Å². The Morgan fingerprint density at radius 1 is 1.09 bits per heavy atom. The van der Waals surface area contributed by atoms with Gasteiger partial charge in [0.2, 0.25) is 5.91 Å². The zero-order valence-corrected chi connectivity index (χ0v) is 12.8. The van der Waals surface area contributed by atoms with Crippen molar-refractivity contribution in [1.82, 2.24) is 0 Å². The second-order valence-corrected chi connectivity index (χ2v) is 7.83. The Hall–Kier alpha value is -1.82. The van der Waals surface area contributed by atoms with Gasteiger partial charge in [0, 0.05) is 12.1 Å². The molecule has 4 aliphatic carbocycles. The van der Waals surface area contributed by atoms with Crippen molar-refractivity contribution in [2.24, 2.45) is 23.2 Å². The molecule has 5 rings (SSSR count). The van der Waals surface area contributed by atoms with Gasteiger partial charge in [0.1, 0.15) is 0 Å². The highest BCUT2D eigenvalue weighted by Gasteiger charge is 2.51. The van der Waals surface area contributed by atoms with E-state index in [1.54, 1.807) is 12.1 Å². The van der Waals surface area contributed by atoms with E-state index in [1.807, 2.05) is 12.1 Å². The van der Waals surface area contributed by atoms with E-state index in [0.29, 0.717) is 12.0 Å². The van der Waals surface area contributed by atoms with Crippen molar-refractivity contribution in [2.45, 2.75) is 44.9 Å². The Morgan fingerprint density at radius 2 is 1.64 bits per heavy atom. The molecule has 0 saturated heterocycles. The van der Waals surface area contributed by atoms with Crippen LogP contribution in [0.25, 0.3) is 0 Å². The molecule has 0 radical (unpaired) electrons. The van der Waals surface area contributed by atoms with Crippen LogP contribution in [0.3, 0.4) is 0 Å². The maximum Gasteiger partial charge on any atom is 0.224 e. The van der Waals surface area contributed by atoms with E-state index in [0.717, 1.165) is 23.4 Å². The van der Waals surface area contributed by atoms with Gasteiger partial charge in [-0.25, -0.2) is 0 Å². The number of anilines is 1. The summed E-state index contributed by atoms with van der Waals surface area (Å²) in [5, 5.41) is 11.8. The number of nitrogens with one attached hydrogen (secondary N) is 1. The first-order valence-corrected chi connectivity index (χ1v) is 8.44. The summed E-state index contributed by atoms with van der Waals surface area (Å²) in [6.45, 7) is 0. The Labute approximate surface area is 131 Å². The molecule has 4 bridgehead atoms. The summed E-state index contributed by atoms with van der Waals surface area (Å²) in [7, 11) is 0. The fourth-order valence-electron chi connectivity index (χ4n) is 5.68. The second-order valence-electron chi connectivity index (χ2n) is 7.83. The first kappa shape index (κ1) is 13.8. The number of carbonyl (C=O) groups is 1. The Kier molecular flexibility index (Phi) is 3.22. The van der Waals surface area contributed by atoms with Crippen LogP contribution in [0.2, 0.25) is 0 Å². The number of hydrogen-bond acceptors (Lipinski definition) is 2.